The van der Waals surface area contributed by atoms with Gasteiger partial charge >= 0.3 is 0 Å². The van der Waals surface area contributed by atoms with E-state index < -0.39 is 42.1 Å². The molecule has 1 amide bonds. The molecule has 1 saturated carbocycles. The Morgan fingerprint density at radius 1 is 1.08 bits per heavy atom. The lowest BCUT2D eigenvalue weighted by Crippen LogP contribution is -2.29. The number of carbonyl (C=O) groups excluding carboxylic acids is 2. The molecule has 1 aromatic heterocycles. The number of aliphatic hydroxyl groups excluding tert-OH is 2. The molecular weight excluding hydrogens is 484 g/mol. The molecule has 0 spiro atoms. The Labute approximate surface area is 212 Å². The maximum atomic E-state index is 14.0. The number of aromatic nitrogens is 2. The molecule has 2 atom stereocenters. The molecular formula is C27H28F2N3O5-. The quantitative estimate of drug-likeness (QED) is 0.342. The Morgan fingerprint density at radius 2 is 1.78 bits per heavy atom. The summed E-state index contributed by atoms with van der Waals surface area (Å²) in [5, 5.41) is 33.7. The van der Waals surface area contributed by atoms with Gasteiger partial charge in [0.15, 0.2) is 0 Å². The van der Waals surface area contributed by atoms with Crippen LogP contribution in [-0.2, 0) is 17.9 Å². The van der Waals surface area contributed by atoms with Crippen LogP contribution in [0.4, 0.5) is 8.78 Å². The molecule has 0 unspecified atom stereocenters. The van der Waals surface area contributed by atoms with Crippen LogP contribution in [0.3, 0.4) is 0 Å². The number of aliphatic hydroxyl groups is 2. The van der Waals surface area contributed by atoms with Crippen molar-refractivity contribution in [2.45, 2.75) is 63.3 Å². The summed E-state index contributed by atoms with van der Waals surface area (Å²) in [4.78, 5) is 28.5. The minimum absolute atomic E-state index is 0.0244. The van der Waals surface area contributed by atoms with E-state index in [0.29, 0.717) is 22.6 Å². The number of hydrogen-bond donors (Lipinski definition) is 3. The van der Waals surface area contributed by atoms with Gasteiger partial charge in [-0.15, -0.1) is 0 Å². The van der Waals surface area contributed by atoms with Crippen LogP contribution >= 0.6 is 0 Å². The molecule has 3 aromatic rings. The smallest absolute Gasteiger partial charge is 0.272 e. The van der Waals surface area contributed by atoms with E-state index in [1.807, 2.05) is 4.57 Å². The van der Waals surface area contributed by atoms with Crippen molar-refractivity contribution in [2.24, 2.45) is 0 Å². The lowest BCUT2D eigenvalue weighted by molar-refractivity contribution is -0.307. The Hall–Kier alpha value is -3.63. The number of hydrogen-bond acceptors (Lipinski definition) is 6. The average molecular weight is 513 g/mol. The van der Waals surface area contributed by atoms with E-state index in [9.17, 15) is 33.7 Å². The highest BCUT2D eigenvalue weighted by Crippen LogP contribution is 2.43. The summed E-state index contributed by atoms with van der Waals surface area (Å²) in [6.45, 7) is 0.203. The van der Waals surface area contributed by atoms with Gasteiger partial charge in [-0.05, 0) is 56.0 Å². The normalized spacial score (nSPS) is 14.8. The third-order valence-corrected chi connectivity index (χ3v) is 6.32. The number of benzene rings is 2. The van der Waals surface area contributed by atoms with Crippen molar-refractivity contribution in [3.63, 3.8) is 0 Å². The van der Waals surface area contributed by atoms with Gasteiger partial charge in [0, 0.05) is 42.5 Å². The maximum absolute atomic E-state index is 14.0. The molecule has 8 nitrogen and oxygen atoms in total. The fraction of sp³-hybridized carbons (Fsp3) is 0.370. The molecule has 0 radical (unpaired) electrons. The molecule has 1 aliphatic rings. The summed E-state index contributed by atoms with van der Waals surface area (Å²) < 4.78 is 29.4. The van der Waals surface area contributed by atoms with E-state index in [1.54, 1.807) is 30.3 Å². The summed E-state index contributed by atoms with van der Waals surface area (Å²) in [5.74, 6) is -2.26. The number of imidazole rings is 1. The second-order valence-corrected chi connectivity index (χ2v) is 9.28. The van der Waals surface area contributed by atoms with Crippen molar-refractivity contribution < 1.29 is 33.7 Å². The van der Waals surface area contributed by atoms with Gasteiger partial charge in [-0.25, -0.2) is 13.8 Å². The van der Waals surface area contributed by atoms with Gasteiger partial charge in [0.25, 0.3) is 5.91 Å². The highest BCUT2D eigenvalue weighted by Gasteiger charge is 2.35. The molecule has 0 saturated heterocycles. The van der Waals surface area contributed by atoms with E-state index in [4.69, 9.17) is 0 Å². The molecule has 4 rings (SSSR count). The number of halogens is 2. The molecule has 1 heterocycles. The number of amides is 1. The van der Waals surface area contributed by atoms with E-state index >= 15 is 0 Å². The van der Waals surface area contributed by atoms with Crippen molar-refractivity contribution >= 4 is 11.9 Å². The minimum Gasteiger partial charge on any atom is -0.550 e. The molecule has 3 N–H and O–H groups in total. The van der Waals surface area contributed by atoms with Crippen LogP contribution in [0.2, 0.25) is 0 Å². The van der Waals surface area contributed by atoms with Crippen molar-refractivity contribution in [3.05, 3.63) is 77.1 Å². The Morgan fingerprint density at radius 3 is 2.43 bits per heavy atom. The zero-order valence-electron chi connectivity index (χ0n) is 20.1. The van der Waals surface area contributed by atoms with Gasteiger partial charge in [-0.1, -0.05) is 18.2 Å². The Balaban J connectivity index is 1.61. The summed E-state index contributed by atoms with van der Waals surface area (Å²) in [7, 11) is 0. The lowest BCUT2D eigenvalue weighted by atomic mass is 10.1. The van der Waals surface area contributed by atoms with Crippen molar-refractivity contribution in [1.29, 1.82) is 0 Å². The fourth-order valence-electron chi connectivity index (χ4n) is 4.34. The third kappa shape index (κ3) is 6.78. The minimum atomic E-state index is -1.41. The summed E-state index contributed by atoms with van der Waals surface area (Å²) >= 11 is 0. The Kier molecular flexibility index (Phi) is 8.30. The third-order valence-electron chi connectivity index (χ3n) is 6.32. The first-order chi connectivity index (χ1) is 17.7. The second-order valence-electron chi connectivity index (χ2n) is 9.28. The highest BCUT2D eigenvalue weighted by atomic mass is 19.1. The van der Waals surface area contributed by atoms with Crippen LogP contribution in [0, 0.1) is 11.6 Å². The maximum Gasteiger partial charge on any atom is 0.272 e. The van der Waals surface area contributed by atoms with Crippen LogP contribution in [0.5, 0.6) is 0 Å². The predicted molar refractivity (Wildman–Crippen MR) is 128 cm³/mol. The molecule has 37 heavy (non-hydrogen) atoms. The number of aliphatic carboxylic acids is 1. The predicted octanol–water partition coefficient (Wildman–Crippen LogP) is 2.28. The molecule has 1 fully saturated rings. The van der Waals surface area contributed by atoms with Gasteiger partial charge in [0.05, 0.1) is 17.9 Å². The number of nitrogens with zero attached hydrogens (tertiary/aromatic N) is 2. The molecule has 1 aliphatic carbocycles. The van der Waals surface area contributed by atoms with Crippen LogP contribution in [0.25, 0.3) is 11.4 Å². The standard InChI is InChI=1S/C27H29F2N3O5/c28-19-9-7-17(8-10-19)26-31-24(27(37)30-15-18-3-1-2-4-22(18)29)25(16-5-6-16)32(26)12-11-20(33)13-21(34)14-23(35)36/h1-4,7-10,16,20-21,33-34H,5-6,11-15H2,(H,30,37)(H,35,36)/p-1/t20-,21-/m1/s1. The molecule has 0 bridgehead atoms. The van der Waals surface area contributed by atoms with Gasteiger partial charge < -0.3 is 30.0 Å². The monoisotopic (exact) mass is 512 g/mol. The fourth-order valence-corrected chi connectivity index (χ4v) is 4.34. The van der Waals surface area contributed by atoms with Crippen LogP contribution in [0.1, 0.15) is 59.8 Å². The number of rotatable bonds is 12. The summed E-state index contributed by atoms with van der Waals surface area (Å²) in [6.07, 6.45) is -1.15. The lowest BCUT2D eigenvalue weighted by Gasteiger charge is -2.18. The van der Waals surface area contributed by atoms with Crippen LogP contribution in [0.15, 0.2) is 48.5 Å². The molecule has 2 aromatic carbocycles. The van der Waals surface area contributed by atoms with E-state index in [0.717, 1.165) is 12.8 Å². The topological polar surface area (TPSA) is 128 Å². The first-order valence-corrected chi connectivity index (χ1v) is 12.2. The van der Waals surface area contributed by atoms with E-state index in [-0.39, 0.29) is 37.5 Å². The molecule has 0 aliphatic heterocycles. The zero-order chi connectivity index (χ0) is 26.5. The second kappa shape index (κ2) is 11.6. The average Bonchev–Trinajstić information content (AvgIpc) is 3.62. The number of nitrogens with one attached hydrogen (secondary N) is 1. The van der Waals surface area contributed by atoms with Gasteiger partial charge in [0.2, 0.25) is 0 Å². The summed E-state index contributed by atoms with van der Waals surface area (Å²) in [6, 6.07) is 11.8. The van der Waals surface area contributed by atoms with Gasteiger partial charge in [-0.2, -0.15) is 0 Å². The first-order valence-electron chi connectivity index (χ1n) is 12.2. The first kappa shape index (κ1) is 26.4. The highest BCUT2D eigenvalue weighted by molar-refractivity contribution is 5.94. The molecule has 196 valence electrons. The van der Waals surface area contributed by atoms with Crippen LogP contribution in [-0.4, -0.2) is 43.8 Å². The number of carbonyl (C=O) groups is 2. The van der Waals surface area contributed by atoms with Crippen LogP contribution < -0.4 is 10.4 Å². The SMILES string of the molecule is O=C([O-])C[C@H](O)C[C@H](O)CCn1c(-c2ccc(F)cc2)nc(C(=O)NCc2ccccc2F)c1C1CC1. The van der Waals surface area contributed by atoms with E-state index in [2.05, 4.69) is 10.3 Å². The largest absolute Gasteiger partial charge is 0.550 e. The van der Waals surface area contributed by atoms with Crippen molar-refractivity contribution in [2.75, 3.05) is 0 Å². The Bertz CT molecular complexity index is 1260. The molecule has 10 heteroatoms. The summed E-state index contributed by atoms with van der Waals surface area (Å²) in [5.41, 5.74) is 1.76. The van der Waals surface area contributed by atoms with E-state index in [1.165, 1.54) is 18.2 Å². The van der Waals surface area contributed by atoms with Crippen molar-refractivity contribution in [3.8, 4) is 11.4 Å². The van der Waals surface area contributed by atoms with Crippen molar-refractivity contribution in [1.82, 2.24) is 14.9 Å². The zero-order valence-corrected chi connectivity index (χ0v) is 20.1. The number of carboxylic acids is 1. The number of carboxylic acid groups (broad SMARTS) is 1. The van der Waals surface area contributed by atoms with Gasteiger partial charge in [0.1, 0.15) is 23.2 Å². The van der Waals surface area contributed by atoms with Gasteiger partial charge in [-0.3, -0.25) is 4.79 Å².